The first-order chi connectivity index (χ1) is 8.54. The van der Waals surface area contributed by atoms with Crippen molar-refractivity contribution in [1.29, 1.82) is 0 Å². The number of halogens is 3. The van der Waals surface area contributed by atoms with E-state index in [1.54, 1.807) is 0 Å². The second kappa shape index (κ2) is 5.20. The third kappa shape index (κ3) is 3.95. The number of carbonyl (C=O) groups is 1. The van der Waals surface area contributed by atoms with E-state index in [2.05, 4.69) is 10.4 Å². The van der Waals surface area contributed by atoms with Crippen LogP contribution in [0.15, 0.2) is 12.4 Å². The molecule has 1 rings (SSSR count). The predicted molar refractivity (Wildman–Crippen MR) is 63.1 cm³/mol. The molecule has 1 amide bonds. The number of nitrogens with one attached hydrogen (secondary N) is 1. The zero-order valence-electron chi connectivity index (χ0n) is 11.0. The zero-order valence-corrected chi connectivity index (χ0v) is 11.0. The number of primary amides is 1. The van der Waals surface area contributed by atoms with Crippen LogP contribution in [0.25, 0.3) is 0 Å². The van der Waals surface area contributed by atoms with Gasteiger partial charge in [0.05, 0.1) is 18.3 Å². The van der Waals surface area contributed by atoms with Crippen LogP contribution in [0.2, 0.25) is 0 Å². The molecule has 1 heterocycles. The summed E-state index contributed by atoms with van der Waals surface area (Å²) >= 11 is 0. The summed E-state index contributed by atoms with van der Waals surface area (Å²) in [6, 6.07) is -0.0462. The van der Waals surface area contributed by atoms with Gasteiger partial charge in [-0.2, -0.15) is 18.3 Å². The van der Waals surface area contributed by atoms with Crippen LogP contribution in [0, 0.1) is 0 Å². The van der Waals surface area contributed by atoms with Crippen LogP contribution in [-0.4, -0.2) is 27.3 Å². The maximum absolute atomic E-state index is 12.4. The number of aromatic nitrogens is 2. The number of hydrogen-bond donors (Lipinski definition) is 2. The van der Waals surface area contributed by atoms with Gasteiger partial charge in [-0.15, -0.1) is 0 Å². The summed E-state index contributed by atoms with van der Waals surface area (Å²) in [4.78, 5) is 11.5. The molecule has 0 aromatic carbocycles. The summed E-state index contributed by atoms with van der Waals surface area (Å²) < 4.78 is 38.4. The van der Waals surface area contributed by atoms with Crippen molar-refractivity contribution in [3.63, 3.8) is 0 Å². The molecule has 1 atom stereocenters. The molecule has 1 aromatic rings. The number of rotatable bonds is 5. The molecule has 5 nitrogen and oxygen atoms in total. The van der Waals surface area contributed by atoms with Gasteiger partial charge in [0.2, 0.25) is 5.91 Å². The topological polar surface area (TPSA) is 72.9 Å². The van der Waals surface area contributed by atoms with Crippen molar-refractivity contribution in [2.75, 3.05) is 0 Å². The summed E-state index contributed by atoms with van der Waals surface area (Å²) in [7, 11) is 0. The lowest BCUT2D eigenvalue weighted by atomic mass is 10.0. The molecule has 0 aliphatic rings. The maximum Gasteiger partial charge on any atom is 0.419 e. The Balaban J connectivity index is 2.92. The Morgan fingerprint density at radius 3 is 2.47 bits per heavy atom. The lowest BCUT2D eigenvalue weighted by Gasteiger charge is -2.29. The van der Waals surface area contributed by atoms with E-state index >= 15 is 0 Å². The molecule has 0 saturated carbocycles. The average molecular weight is 278 g/mol. The van der Waals surface area contributed by atoms with Gasteiger partial charge in [0.15, 0.2) is 0 Å². The first kappa shape index (κ1) is 15.5. The molecule has 0 radical (unpaired) electrons. The molecule has 3 N–H and O–H groups in total. The molecule has 108 valence electrons. The predicted octanol–water partition coefficient (Wildman–Crippen LogP) is 1.14. The summed E-state index contributed by atoms with van der Waals surface area (Å²) in [5, 5.41) is 6.54. The van der Waals surface area contributed by atoms with Gasteiger partial charge in [-0.3, -0.25) is 14.8 Å². The molecule has 0 bridgehead atoms. The van der Waals surface area contributed by atoms with Gasteiger partial charge >= 0.3 is 6.18 Å². The first-order valence-electron chi connectivity index (χ1n) is 5.72. The van der Waals surface area contributed by atoms with E-state index in [4.69, 9.17) is 5.73 Å². The van der Waals surface area contributed by atoms with E-state index in [1.807, 2.05) is 13.8 Å². The van der Waals surface area contributed by atoms with Crippen LogP contribution in [-0.2, 0) is 17.5 Å². The minimum Gasteiger partial charge on any atom is -0.368 e. The van der Waals surface area contributed by atoms with Gasteiger partial charge in [-0.25, -0.2) is 0 Å². The first-order valence-corrected chi connectivity index (χ1v) is 5.72. The highest BCUT2D eigenvalue weighted by atomic mass is 19.4. The fraction of sp³-hybridized carbons (Fsp3) is 0.636. The van der Waals surface area contributed by atoms with Gasteiger partial charge in [-0.1, -0.05) is 0 Å². The molecule has 0 fully saturated rings. The SMILES string of the molecule is CC(C)NC(C)(Cn1cc(C(F)(F)F)cn1)C(N)=O. The summed E-state index contributed by atoms with van der Waals surface area (Å²) in [6.45, 7) is 5.08. The third-order valence-electron chi connectivity index (χ3n) is 2.59. The van der Waals surface area contributed by atoms with Crippen molar-refractivity contribution < 1.29 is 18.0 Å². The van der Waals surface area contributed by atoms with Crippen LogP contribution in [0.3, 0.4) is 0 Å². The minimum absolute atomic E-state index is 0.0462. The summed E-state index contributed by atoms with van der Waals surface area (Å²) in [5.41, 5.74) is 3.27. The fourth-order valence-corrected chi connectivity index (χ4v) is 1.75. The summed E-state index contributed by atoms with van der Waals surface area (Å²) in [5.74, 6) is -0.648. The van der Waals surface area contributed by atoms with Crippen LogP contribution >= 0.6 is 0 Å². The van der Waals surface area contributed by atoms with Gasteiger partial charge in [0.25, 0.3) is 0 Å². The Labute approximate surface area is 109 Å². The number of alkyl halides is 3. The molecular weight excluding hydrogens is 261 g/mol. The highest BCUT2D eigenvalue weighted by molar-refractivity contribution is 5.84. The molecule has 19 heavy (non-hydrogen) atoms. The van der Waals surface area contributed by atoms with Crippen LogP contribution in [0.4, 0.5) is 13.2 Å². The van der Waals surface area contributed by atoms with Gasteiger partial charge < -0.3 is 5.73 Å². The number of hydrogen-bond acceptors (Lipinski definition) is 3. The van der Waals surface area contributed by atoms with Crippen LogP contribution < -0.4 is 11.1 Å². The molecule has 8 heteroatoms. The van der Waals surface area contributed by atoms with E-state index in [9.17, 15) is 18.0 Å². The van der Waals surface area contributed by atoms with Crippen molar-refractivity contribution in [2.45, 2.75) is 45.1 Å². The molecule has 0 aliphatic carbocycles. The molecule has 0 saturated heterocycles. The molecule has 1 aromatic heterocycles. The van der Waals surface area contributed by atoms with Crippen LogP contribution in [0.1, 0.15) is 26.3 Å². The quantitative estimate of drug-likeness (QED) is 0.848. The van der Waals surface area contributed by atoms with E-state index in [1.165, 1.54) is 6.92 Å². The van der Waals surface area contributed by atoms with E-state index in [0.29, 0.717) is 0 Å². The van der Waals surface area contributed by atoms with Crippen molar-refractivity contribution in [2.24, 2.45) is 5.73 Å². The van der Waals surface area contributed by atoms with Crippen molar-refractivity contribution >= 4 is 5.91 Å². The lowest BCUT2D eigenvalue weighted by Crippen LogP contribution is -2.58. The largest absolute Gasteiger partial charge is 0.419 e. The number of nitrogens with two attached hydrogens (primary N) is 1. The molecule has 0 spiro atoms. The van der Waals surface area contributed by atoms with E-state index < -0.39 is 23.2 Å². The Bertz CT molecular complexity index is 455. The Morgan fingerprint density at radius 2 is 2.11 bits per heavy atom. The van der Waals surface area contributed by atoms with Gasteiger partial charge in [0, 0.05) is 12.2 Å². The van der Waals surface area contributed by atoms with E-state index in [0.717, 1.165) is 17.1 Å². The normalized spacial score (nSPS) is 15.5. The summed E-state index contributed by atoms with van der Waals surface area (Å²) in [6.07, 6.45) is -2.88. The molecular formula is C11H17F3N4O. The van der Waals surface area contributed by atoms with Crippen molar-refractivity contribution in [3.05, 3.63) is 18.0 Å². The minimum atomic E-state index is -4.45. The number of amides is 1. The highest BCUT2D eigenvalue weighted by Gasteiger charge is 2.35. The molecule has 0 aliphatic heterocycles. The van der Waals surface area contributed by atoms with Gasteiger partial charge in [0.1, 0.15) is 5.54 Å². The second-order valence-corrected chi connectivity index (χ2v) is 4.92. The van der Waals surface area contributed by atoms with Gasteiger partial charge in [-0.05, 0) is 20.8 Å². The Morgan fingerprint density at radius 1 is 1.53 bits per heavy atom. The highest BCUT2D eigenvalue weighted by Crippen LogP contribution is 2.28. The standard InChI is InChI=1S/C11H17F3N4O/c1-7(2)17-10(3,9(15)19)6-18-5-8(4-16-18)11(12,13)14/h4-5,7,17H,6H2,1-3H3,(H2,15,19). The van der Waals surface area contributed by atoms with Crippen molar-refractivity contribution in [1.82, 2.24) is 15.1 Å². The smallest absolute Gasteiger partial charge is 0.368 e. The fourth-order valence-electron chi connectivity index (χ4n) is 1.75. The zero-order chi connectivity index (χ0) is 14.8. The lowest BCUT2D eigenvalue weighted by molar-refractivity contribution is -0.137. The Hall–Kier alpha value is -1.57. The van der Waals surface area contributed by atoms with Crippen LogP contribution in [0.5, 0.6) is 0 Å². The van der Waals surface area contributed by atoms with E-state index in [-0.39, 0.29) is 12.6 Å². The molecule has 1 unspecified atom stereocenters. The average Bonchev–Trinajstić information content (AvgIpc) is 2.63. The second-order valence-electron chi connectivity index (χ2n) is 4.92. The maximum atomic E-state index is 12.4. The number of nitrogens with zero attached hydrogens (tertiary/aromatic N) is 2. The third-order valence-corrected chi connectivity index (χ3v) is 2.59. The van der Waals surface area contributed by atoms with Crippen molar-refractivity contribution in [3.8, 4) is 0 Å². The number of carbonyl (C=O) groups excluding carboxylic acids is 1. The monoisotopic (exact) mass is 278 g/mol. The Kier molecular flexibility index (Phi) is 4.24.